The molecule has 0 spiro atoms. The van der Waals surface area contributed by atoms with Crippen molar-refractivity contribution in [1.82, 2.24) is 0 Å². The Morgan fingerprint density at radius 2 is 1.00 bits per heavy atom. The molecule has 0 aliphatic carbocycles. The summed E-state index contributed by atoms with van der Waals surface area (Å²) in [7, 11) is 0. The molecular weight excluding hydrogens is 496 g/mol. The van der Waals surface area contributed by atoms with Crippen molar-refractivity contribution in [2.24, 2.45) is 0 Å². The minimum absolute atomic E-state index is 0.0602. The van der Waals surface area contributed by atoms with Gasteiger partial charge in [-0.1, -0.05) is 32.4 Å². The first kappa shape index (κ1) is 28.7. The van der Waals surface area contributed by atoms with E-state index in [1.807, 2.05) is 0 Å². The Morgan fingerprint density at radius 3 is 1.47 bits per heavy atom. The molecule has 0 aliphatic heterocycles. The average Bonchev–Trinajstić information content (AvgIpc) is 2.89. The standard InChI is InChI=1S/C28H22O10/c1-6-24(29)34-19-14-20(35-25(30)7-2)16-21(15-19)36-28(33)17(5)12-18-10-11-22(37-26(31)8-3)23(13-18)38-27(32)9-4/h6-16H,1-4H2,5H3/b17-12+. The lowest BCUT2D eigenvalue weighted by Gasteiger charge is -2.11. The summed E-state index contributed by atoms with van der Waals surface area (Å²) in [6, 6.07) is 7.90. The second-order valence-corrected chi connectivity index (χ2v) is 7.06. The Balaban J connectivity index is 2.35. The molecule has 0 N–H and O–H groups in total. The van der Waals surface area contributed by atoms with Crippen molar-refractivity contribution in [3.8, 4) is 28.7 Å². The molecule has 0 bridgehead atoms. The Bertz CT molecular complexity index is 1320. The summed E-state index contributed by atoms with van der Waals surface area (Å²) in [5.74, 6) is -4.39. The highest BCUT2D eigenvalue weighted by atomic mass is 16.6. The van der Waals surface area contributed by atoms with Gasteiger partial charge >= 0.3 is 29.8 Å². The molecule has 0 saturated heterocycles. The third kappa shape index (κ3) is 8.61. The first-order chi connectivity index (χ1) is 18.1. The van der Waals surface area contributed by atoms with Gasteiger partial charge in [-0.3, -0.25) is 0 Å². The van der Waals surface area contributed by atoms with Crippen molar-refractivity contribution in [2.75, 3.05) is 0 Å². The molecule has 0 fully saturated rings. The van der Waals surface area contributed by atoms with E-state index in [0.29, 0.717) is 5.56 Å². The van der Waals surface area contributed by atoms with E-state index in [4.69, 9.17) is 23.7 Å². The lowest BCUT2D eigenvalue weighted by Crippen LogP contribution is -2.11. The predicted molar refractivity (Wildman–Crippen MR) is 135 cm³/mol. The van der Waals surface area contributed by atoms with Crippen LogP contribution in [0.4, 0.5) is 0 Å². The van der Waals surface area contributed by atoms with Gasteiger partial charge in [0, 0.05) is 48.1 Å². The van der Waals surface area contributed by atoms with Crippen LogP contribution in [0.5, 0.6) is 28.7 Å². The zero-order valence-corrected chi connectivity index (χ0v) is 20.3. The van der Waals surface area contributed by atoms with E-state index in [2.05, 4.69) is 26.3 Å². The number of carbonyl (C=O) groups excluding carboxylic acids is 5. The maximum atomic E-state index is 12.7. The quantitative estimate of drug-likeness (QED) is 0.244. The number of carbonyl (C=O) groups is 5. The van der Waals surface area contributed by atoms with Crippen LogP contribution in [0.1, 0.15) is 12.5 Å². The Morgan fingerprint density at radius 1 is 0.579 bits per heavy atom. The van der Waals surface area contributed by atoms with Crippen molar-refractivity contribution in [1.29, 1.82) is 0 Å². The van der Waals surface area contributed by atoms with Crippen LogP contribution in [-0.2, 0) is 24.0 Å². The van der Waals surface area contributed by atoms with Gasteiger partial charge in [-0.25, -0.2) is 24.0 Å². The maximum Gasteiger partial charge on any atom is 0.339 e. The summed E-state index contributed by atoms with van der Waals surface area (Å²) in [4.78, 5) is 59.2. The highest BCUT2D eigenvalue weighted by Gasteiger charge is 2.15. The van der Waals surface area contributed by atoms with Gasteiger partial charge in [0.2, 0.25) is 0 Å². The molecule has 0 unspecified atom stereocenters. The number of hydrogen-bond acceptors (Lipinski definition) is 10. The fraction of sp³-hybridized carbons (Fsp3) is 0.0357. The molecule has 10 heteroatoms. The fourth-order valence-corrected chi connectivity index (χ4v) is 2.61. The smallest absolute Gasteiger partial charge is 0.339 e. The highest BCUT2D eigenvalue weighted by Crippen LogP contribution is 2.31. The molecule has 0 aromatic heterocycles. The lowest BCUT2D eigenvalue weighted by molar-refractivity contribution is -0.131. The van der Waals surface area contributed by atoms with E-state index in [9.17, 15) is 24.0 Å². The Kier molecular flexibility index (Phi) is 10.2. The van der Waals surface area contributed by atoms with Crippen LogP contribution in [0.25, 0.3) is 6.08 Å². The zero-order chi connectivity index (χ0) is 28.2. The van der Waals surface area contributed by atoms with Crippen molar-refractivity contribution in [3.05, 3.63) is 98.2 Å². The van der Waals surface area contributed by atoms with E-state index in [1.165, 1.54) is 49.4 Å². The number of benzene rings is 2. The van der Waals surface area contributed by atoms with E-state index in [0.717, 1.165) is 24.3 Å². The summed E-state index contributed by atoms with van der Waals surface area (Å²) in [5, 5.41) is 0. The minimum Gasteiger partial charge on any atom is -0.423 e. The van der Waals surface area contributed by atoms with E-state index < -0.39 is 29.8 Å². The molecule has 0 amide bonds. The van der Waals surface area contributed by atoms with Crippen LogP contribution in [0.2, 0.25) is 0 Å². The monoisotopic (exact) mass is 518 g/mol. The SMILES string of the molecule is C=CC(=O)Oc1cc(OC(=O)C=C)cc(OC(=O)/C(C)=C/c2ccc(OC(=O)C=C)c(OC(=O)C=C)c2)c1. The number of esters is 5. The van der Waals surface area contributed by atoms with Gasteiger partial charge in [0.25, 0.3) is 0 Å². The van der Waals surface area contributed by atoms with Crippen LogP contribution < -0.4 is 23.7 Å². The number of rotatable bonds is 11. The molecule has 0 saturated carbocycles. The summed E-state index contributed by atoms with van der Waals surface area (Å²) in [5.41, 5.74) is 0.485. The van der Waals surface area contributed by atoms with Crippen molar-refractivity contribution in [3.63, 3.8) is 0 Å². The van der Waals surface area contributed by atoms with Gasteiger partial charge < -0.3 is 23.7 Å². The third-order valence-corrected chi connectivity index (χ3v) is 4.26. The summed E-state index contributed by atoms with van der Waals surface area (Å²) >= 11 is 0. The number of ether oxygens (including phenoxy) is 5. The molecular formula is C28H22O10. The van der Waals surface area contributed by atoms with Gasteiger partial charge in [-0.05, 0) is 30.7 Å². The predicted octanol–water partition coefficient (Wildman–Crippen LogP) is 4.06. The van der Waals surface area contributed by atoms with Crippen LogP contribution in [0.3, 0.4) is 0 Å². The van der Waals surface area contributed by atoms with Gasteiger partial charge in [0.1, 0.15) is 17.2 Å². The van der Waals surface area contributed by atoms with Gasteiger partial charge in [0.05, 0.1) is 0 Å². The van der Waals surface area contributed by atoms with E-state index >= 15 is 0 Å². The van der Waals surface area contributed by atoms with Crippen LogP contribution >= 0.6 is 0 Å². The molecule has 2 rings (SSSR count). The number of hydrogen-bond donors (Lipinski definition) is 0. The molecule has 2 aromatic carbocycles. The second-order valence-electron chi connectivity index (χ2n) is 7.06. The molecule has 38 heavy (non-hydrogen) atoms. The fourth-order valence-electron chi connectivity index (χ4n) is 2.61. The minimum atomic E-state index is -0.815. The third-order valence-electron chi connectivity index (χ3n) is 4.26. The van der Waals surface area contributed by atoms with Crippen molar-refractivity contribution >= 4 is 35.9 Å². The average molecular weight is 518 g/mol. The zero-order valence-electron chi connectivity index (χ0n) is 20.3. The van der Waals surface area contributed by atoms with Crippen LogP contribution in [0.15, 0.2) is 92.6 Å². The molecule has 0 radical (unpaired) electrons. The molecule has 2 aromatic rings. The lowest BCUT2D eigenvalue weighted by atomic mass is 10.1. The molecule has 0 heterocycles. The molecule has 194 valence electrons. The highest BCUT2D eigenvalue weighted by molar-refractivity contribution is 5.95. The second kappa shape index (κ2) is 13.5. The van der Waals surface area contributed by atoms with Gasteiger partial charge in [-0.15, -0.1) is 0 Å². The summed E-state index contributed by atoms with van der Waals surface area (Å²) in [6.45, 7) is 14.7. The molecule has 0 aliphatic rings. The largest absolute Gasteiger partial charge is 0.423 e. The van der Waals surface area contributed by atoms with E-state index in [-0.39, 0.29) is 34.3 Å². The van der Waals surface area contributed by atoms with E-state index in [1.54, 1.807) is 0 Å². The van der Waals surface area contributed by atoms with Crippen molar-refractivity contribution < 1.29 is 47.7 Å². The summed E-state index contributed by atoms with van der Waals surface area (Å²) < 4.78 is 25.6. The van der Waals surface area contributed by atoms with Gasteiger partial charge in [-0.2, -0.15) is 0 Å². The van der Waals surface area contributed by atoms with Crippen molar-refractivity contribution in [2.45, 2.75) is 6.92 Å². The van der Waals surface area contributed by atoms with Crippen LogP contribution in [0, 0.1) is 0 Å². The van der Waals surface area contributed by atoms with Gasteiger partial charge in [0.15, 0.2) is 11.5 Å². The molecule has 0 atom stereocenters. The van der Waals surface area contributed by atoms with Crippen LogP contribution in [-0.4, -0.2) is 29.8 Å². The maximum absolute atomic E-state index is 12.7. The first-order valence-electron chi connectivity index (χ1n) is 10.6. The normalized spacial score (nSPS) is 10.3. The Labute approximate surface area is 217 Å². The first-order valence-corrected chi connectivity index (χ1v) is 10.6. The Hall–Kier alpha value is -5.51. The molecule has 10 nitrogen and oxygen atoms in total. The topological polar surface area (TPSA) is 132 Å². The summed E-state index contributed by atoms with van der Waals surface area (Å²) in [6.07, 6.45) is 5.11.